The van der Waals surface area contributed by atoms with E-state index in [1.807, 2.05) is 0 Å². The van der Waals surface area contributed by atoms with Gasteiger partial charge in [-0.1, -0.05) is 26.7 Å². The molecule has 0 aromatic carbocycles. The van der Waals surface area contributed by atoms with E-state index in [2.05, 4.69) is 19.2 Å². The predicted octanol–water partition coefficient (Wildman–Crippen LogP) is 3.75. The summed E-state index contributed by atoms with van der Waals surface area (Å²) < 4.78 is 5.79. The zero-order chi connectivity index (χ0) is 12.8. The van der Waals surface area contributed by atoms with Gasteiger partial charge in [-0.3, -0.25) is 0 Å². The van der Waals surface area contributed by atoms with Crippen LogP contribution in [0.25, 0.3) is 0 Å². The molecule has 0 bridgehead atoms. The number of rotatable bonds is 5. The average Bonchev–Trinajstić information content (AvgIpc) is 2.40. The summed E-state index contributed by atoms with van der Waals surface area (Å²) in [5.41, 5.74) is 0. The molecule has 2 rings (SSSR count). The quantitative estimate of drug-likeness (QED) is 0.805. The fourth-order valence-corrected chi connectivity index (χ4v) is 3.50. The summed E-state index contributed by atoms with van der Waals surface area (Å²) in [4.78, 5) is 0. The van der Waals surface area contributed by atoms with Crippen molar-refractivity contribution in [3.05, 3.63) is 0 Å². The second-order valence-corrected chi connectivity index (χ2v) is 6.60. The van der Waals surface area contributed by atoms with Gasteiger partial charge < -0.3 is 10.1 Å². The Balaban J connectivity index is 1.60. The zero-order valence-electron chi connectivity index (χ0n) is 12.3. The van der Waals surface area contributed by atoms with Crippen LogP contribution in [-0.2, 0) is 4.74 Å². The first-order chi connectivity index (χ1) is 8.75. The van der Waals surface area contributed by atoms with Crippen LogP contribution in [0, 0.1) is 11.8 Å². The van der Waals surface area contributed by atoms with E-state index in [1.165, 1.54) is 51.4 Å². The van der Waals surface area contributed by atoms with Crippen LogP contribution >= 0.6 is 0 Å². The molecular weight excluding hydrogens is 222 g/mol. The highest BCUT2D eigenvalue weighted by Gasteiger charge is 2.24. The molecule has 3 unspecified atom stereocenters. The van der Waals surface area contributed by atoms with E-state index in [0.717, 1.165) is 31.0 Å². The molecule has 1 saturated carbocycles. The highest BCUT2D eigenvalue weighted by molar-refractivity contribution is 4.80. The minimum absolute atomic E-state index is 0.538. The molecule has 0 aromatic heterocycles. The topological polar surface area (TPSA) is 21.3 Å². The van der Waals surface area contributed by atoms with Crippen molar-refractivity contribution in [1.82, 2.24) is 5.32 Å². The summed E-state index contributed by atoms with van der Waals surface area (Å²) in [6.45, 7) is 6.90. The number of ether oxygens (including phenoxy) is 1. The van der Waals surface area contributed by atoms with Crippen LogP contribution in [0.15, 0.2) is 0 Å². The molecule has 1 aliphatic carbocycles. The van der Waals surface area contributed by atoms with Gasteiger partial charge in [0.1, 0.15) is 0 Å². The van der Waals surface area contributed by atoms with E-state index in [1.54, 1.807) is 0 Å². The van der Waals surface area contributed by atoms with Crippen molar-refractivity contribution in [3.8, 4) is 0 Å². The van der Waals surface area contributed by atoms with Gasteiger partial charge in [-0.25, -0.2) is 0 Å². The Morgan fingerprint density at radius 3 is 2.72 bits per heavy atom. The van der Waals surface area contributed by atoms with Crippen LogP contribution in [0.4, 0.5) is 0 Å². The van der Waals surface area contributed by atoms with Gasteiger partial charge >= 0.3 is 0 Å². The van der Waals surface area contributed by atoms with Crippen LogP contribution in [0.2, 0.25) is 0 Å². The van der Waals surface area contributed by atoms with E-state index in [4.69, 9.17) is 4.74 Å². The Morgan fingerprint density at radius 2 is 2.00 bits per heavy atom. The SMILES string of the molecule is CC(C)C1CCCC(NCCC2CCCCO2)C1. The van der Waals surface area contributed by atoms with Gasteiger partial charge in [0.15, 0.2) is 0 Å². The molecule has 3 atom stereocenters. The second kappa shape index (κ2) is 7.49. The largest absolute Gasteiger partial charge is 0.378 e. The van der Waals surface area contributed by atoms with Crippen LogP contribution in [0.5, 0.6) is 0 Å². The lowest BCUT2D eigenvalue weighted by Crippen LogP contribution is -2.37. The van der Waals surface area contributed by atoms with Crippen LogP contribution in [0.3, 0.4) is 0 Å². The van der Waals surface area contributed by atoms with Gasteiger partial charge in [-0.05, 0) is 56.9 Å². The predicted molar refractivity (Wildman–Crippen MR) is 76.8 cm³/mol. The van der Waals surface area contributed by atoms with Crippen molar-refractivity contribution in [2.45, 2.75) is 77.4 Å². The molecule has 2 heteroatoms. The average molecular weight is 253 g/mol. The molecule has 1 N–H and O–H groups in total. The third kappa shape index (κ3) is 4.55. The maximum Gasteiger partial charge on any atom is 0.0587 e. The van der Waals surface area contributed by atoms with Gasteiger partial charge in [0.25, 0.3) is 0 Å². The maximum atomic E-state index is 5.79. The summed E-state index contributed by atoms with van der Waals surface area (Å²) in [5.74, 6) is 1.80. The summed E-state index contributed by atoms with van der Waals surface area (Å²) in [7, 11) is 0. The Morgan fingerprint density at radius 1 is 1.11 bits per heavy atom. The molecule has 0 amide bonds. The third-order valence-corrected chi connectivity index (χ3v) is 4.83. The Hall–Kier alpha value is -0.0800. The van der Waals surface area contributed by atoms with Gasteiger partial charge in [0.05, 0.1) is 6.10 Å². The molecule has 1 saturated heterocycles. The molecule has 2 nitrogen and oxygen atoms in total. The van der Waals surface area contributed by atoms with Crippen molar-refractivity contribution in [2.75, 3.05) is 13.2 Å². The second-order valence-electron chi connectivity index (χ2n) is 6.60. The van der Waals surface area contributed by atoms with Crippen LogP contribution in [0.1, 0.15) is 65.2 Å². The Bertz CT molecular complexity index is 223. The fraction of sp³-hybridized carbons (Fsp3) is 1.00. The fourth-order valence-electron chi connectivity index (χ4n) is 3.50. The van der Waals surface area contributed by atoms with Crippen LogP contribution < -0.4 is 5.32 Å². The smallest absolute Gasteiger partial charge is 0.0587 e. The number of hydrogen-bond acceptors (Lipinski definition) is 2. The van der Waals surface area contributed by atoms with E-state index in [-0.39, 0.29) is 0 Å². The van der Waals surface area contributed by atoms with Gasteiger partial charge in [0, 0.05) is 12.6 Å². The van der Waals surface area contributed by atoms with Crippen molar-refractivity contribution < 1.29 is 4.74 Å². The summed E-state index contributed by atoms with van der Waals surface area (Å²) in [6, 6.07) is 0.773. The molecule has 2 fully saturated rings. The van der Waals surface area contributed by atoms with E-state index in [9.17, 15) is 0 Å². The number of nitrogens with one attached hydrogen (secondary N) is 1. The lowest BCUT2D eigenvalue weighted by molar-refractivity contribution is 0.0108. The van der Waals surface area contributed by atoms with E-state index >= 15 is 0 Å². The van der Waals surface area contributed by atoms with Gasteiger partial charge in [-0.15, -0.1) is 0 Å². The van der Waals surface area contributed by atoms with Crippen molar-refractivity contribution in [2.24, 2.45) is 11.8 Å². The summed E-state index contributed by atoms with van der Waals surface area (Å²) in [5, 5.41) is 3.77. The lowest BCUT2D eigenvalue weighted by atomic mass is 9.79. The van der Waals surface area contributed by atoms with E-state index in [0.29, 0.717) is 6.10 Å². The highest BCUT2D eigenvalue weighted by Crippen LogP contribution is 2.29. The molecular formula is C16H31NO. The summed E-state index contributed by atoms with van der Waals surface area (Å²) >= 11 is 0. The minimum Gasteiger partial charge on any atom is -0.378 e. The lowest BCUT2D eigenvalue weighted by Gasteiger charge is -2.32. The van der Waals surface area contributed by atoms with Crippen molar-refractivity contribution in [3.63, 3.8) is 0 Å². The van der Waals surface area contributed by atoms with Gasteiger partial charge in [-0.2, -0.15) is 0 Å². The van der Waals surface area contributed by atoms with Crippen LogP contribution in [-0.4, -0.2) is 25.3 Å². The summed E-state index contributed by atoms with van der Waals surface area (Å²) in [6.07, 6.45) is 11.3. The van der Waals surface area contributed by atoms with Crippen molar-refractivity contribution in [1.29, 1.82) is 0 Å². The molecule has 1 heterocycles. The maximum absolute atomic E-state index is 5.79. The van der Waals surface area contributed by atoms with Gasteiger partial charge in [0.2, 0.25) is 0 Å². The Kier molecular flexibility index (Phi) is 5.97. The molecule has 0 spiro atoms. The molecule has 0 aromatic rings. The normalized spacial score (nSPS) is 33.8. The first kappa shape index (κ1) is 14.3. The van der Waals surface area contributed by atoms with Crippen molar-refractivity contribution >= 4 is 0 Å². The number of hydrogen-bond donors (Lipinski definition) is 1. The molecule has 106 valence electrons. The molecule has 0 radical (unpaired) electrons. The molecule has 1 aliphatic heterocycles. The third-order valence-electron chi connectivity index (χ3n) is 4.83. The van der Waals surface area contributed by atoms with E-state index < -0.39 is 0 Å². The minimum atomic E-state index is 0.538. The first-order valence-electron chi connectivity index (χ1n) is 8.10. The Labute approximate surface area is 113 Å². The highest BCUT2D eigenvalue weighted by atomic mass is 16.5. The monoisotopic (exact) mass is 253 g/mol. The first-order valence-corrected chi connectivity index (χ1v) is 8.10. The standard InChI is InChI=1S/C16H31NO/c1-13(2)14-6-5-7-15(12-14)17-10-9-16-8-3-4-11-18-16/h13-17H,3-12H2,1-2H3. The molecule has 2 aliphatic rings. The zero-order valence-corrected chi connectivity index (χ0v) is 12.3. The molecule has 18 heavy (non-hydrogen) atoms.